The molecule has 1 aliphatic rings. The smallest absolute Gasteiger partial charge is 0.285 e. The number of nitrogens with zero attached hydrogens (tertiary/aromatic N) is 3. The highest BCUT2D eigenvalue weighted by Gasteiger charge is 2.28. The summed E-state index contributed by atoms with van der Waals surface area (Å²) < 4.78 is 13.4. The molecule has 1 fully saturated rings. The Hall–Kier alpha value is -2.22. The van der Waals surface area contributed by atoms with Gasteiger partial charge in [-0.25, -0.2) is 4.39 Å². The fraction of sp³-hybridized carbons (Fsp3) is 0.462. The van der Waals surface area contributed by atoms with Gasteiger partial charge in [0.2, 0.25) is 0 Å². The Morgan fingerprint density at radius 3 is 2.52 bits per heavy atom. The van der Waals surface area contributed by atoms with Gasteiger partial charge < -0.3 is 15.5 Å². The molecule has 1 aromatic carbocycles. The highest BCUT2D eigenvalue weighted by Crippen LogP contribution is 2.26. The maximum Gasteiger partial charge on any atom is 0.285 e. The maximum atomic E-state index is 13.4. The molecule has 0 spiro atoms. The van der Waals surface area contributed by atoms with Gasteiger partial charge in [0.15, 0.2) is 5.82 Å². The Balaban J connectivity index is 2.27. The molecule has 0 bridgehead atoms. The number of carbonyl (C=O) groups is 1. The number of likely N-dealkylation sites (N-methyl/N-ethyl adjacent to an activating group) is 1. The molecular formula is C13H17FN4O3. The molecule has 21 heavy (non-hydrogen) atoms. The number of nitrogen functional groups attached to an aromatic ring is 1. The van der Waals surface area contributed by atoms with Crippen LogP contribution in [-0.2, 0) is 0 Å². The van der Waals surface area contributed by atoms with Gasteiger partial charge >= 0.3 is 0 Å². The summed E-state index contributed by atoms with van der Waals surface area (Å²) in [6.45, 7) is 5.33. The second-order valence-electron chi connectivity index (χ2n) is 4.87. The Morgan fingerprint density at radius 2 is 2.00 bits per heavy atom. The van der Waals surface area contributed by atoms with Gasteiger partial charge in [0.1, 0.15) is 5.56 Å². The van der Waals surface area contributed by atoms with Crippen LogP contribution >= 0.6 is 0 Å². The van der Waals surface area contributed by atoms with Crippen molar-refractivity contribution in [3.05, 3.63) is 33.6 Å². The molecule has 1 heterocycles. The molecule has 0 aliphatic carbocycles. The molecule has 8 heteroatoms. The van der Waals surface area contributed by atoms with Crippen LogP contribution in [0.15, 0.2) is 12.1 Å². The van der Waals surface area contributed by atoms with E-state index < -0.39 is 22.3 Å². The Bertz CT molecular complexity index is 571. The lowest BCUT2D eigenvalue weighted by atomic mass is 10.1. The van der Waals surface area contributed by atoms with Gasteiger partial charge in [-0.3, -0.25) is 14.9 Å². The fourth-order valence-electron chi connectivity index (χ4n) is 2.34. The van der Waals surface area contributed by atoms with Crippen LogP contribution in [0.4, 0.5) is 15.8 Å². The third kappa shape index (κ3) is 3.10. The van der Waals surface area contributed by atoms with Gasteiger partial charge in [0, 0.05) is 26.2 Å². The molecule has 0 radical (unpaired) electrons. The zero-order valence-electron chi connectivity index (χ0n) is 11.7. The summed E-state index contributed by atoms with van der Waals surface area (Å²) >= 11 is 0. The van der Waals surface area contributed by atoms with Crippen LogP contribution in [0.2, 0.25) is 0 Å². The summed E-state index contributed by atoms with van der Waals surface area (Å²) in [4.78, 5) is 26.3. The van der Waals surface area contributed by atoms with Crippen LogP contribution in [0, 0.1) is 15.9 Å². The van der Waals surface area contributed by atoms with Crippen molar-refractivity contribution in [1.29, 1.82) is 0 Å². The molecule has 0 saturated carbocycles. The van der Waals surface area contributed by atoms with E-state index in [-0.39, 0.29) is 11.3 Å². The van der Waals surface area contributed by atoms with Crippen molar-refractivity contribution < 1.29 is 14.1 Å². The monoisotopic (exact) mass is 296 g/mol. The molecular weight excluding hydrogens is 279 g/mol. The molecule has 114 valence electrons. The first-order valence-electron chi connectivity index (χ1n) is 6.69. The van der Waals surface area contributed by atoms with Crippen molar-refractivity contribution in [2.45, 2.75) is 6.92 Å². The van der Waals surface area contributed by atoms with Crippen LogP contribution in [-0.4, -0.2) is 53.4 Å². The largest absolute Gasteiger partial charge is 0.396 e. The number of halogens is 1. The van der Waals surface area contributed by atoms with E-state index in [0.717, 1.165) is 12.6 Å². The third-order valence-corrected chi connectivity index (χ3v) is 3.65. The molecule has 0 atom stereocenters. The Morgan fingerprint density at radius 1 is 1.38 bits per heavy atom. The number of anilines is 1. The normalized spacial score (nSPS) is 16.0. The van der Waals surface area contributed by atoms with Crippen LogP contribution in [0.5, 0.6) is 0 Å². The van der Waals surface area contributed by atoms with E-state index in [4.69, 9.17) is 5.73 Å². The Kier molecular flexibility index (Phi) is 4.37. The van der Waals surface area contributed by atoms with Gasteiger partial charge in [-0.1, -0.05) is 6.92 Å². The zero-order valence-corrected chi connectivity index (χ0v) is 11.7. The molecule has 1 aromatic rings. The lowest BCUT2D eigenvalue weighted by Gasteiger charge is -2.34. The van der Waals surface area contributed by atoms with Crippen LogP contribution < -0.4 is 5.73 Å². The predicted octanol–water partition coefficient (Wildman–Crippen LogP) is 1.09. The molecule has 0 unspecified atom stereocenters. The zero-order chi connectivity index (χ0) is 15.6. The fourth-order valence-corrected chi connectivity index (χ4v) is 2.34. The highest BCUT2D eigenvalue weighted by molar-refractivity contribution is 5.99. The first-order chi connectivity index (χ1) is 9.93. The van der Waals surface area contributed by atoms with Gasteiger partial charge in [-0.2, -0.15) is 0 Å². The van der Waals surface area contributed by atoms with Gasteiger partial charge in [-0.05, 0) is 12.6 Å². The minimum atomic E-state index is -0.894. The summed E-state index contributed by atoms with van der Waals surface area (Å²) in [6, 6.07) is 1.74. The number of piperazine rings is 1. The molecule has 2 rings (SSSR count). The lowest BCUT2D eigenvalue weighted by molar-refractivity contribution is -0.385. The van der Waals surface area contributed by atoms with E-state index in [9.17, 15) is 19.3 Å². The number of amides is 1. The number of nitrogens with two attached hydrogens (primary N) is 1. The third-order valence-electron chi connectivity index (χ3n) is 3.65. The second kappa shape index (κ2) is 6.04. The Labute approximate surface area is 121 Å². The van der Waals surface area contributed by atoms with Crippen molar-refractivity contribution in [1.82, 2.24) is 9.80 Å². The van der Waals surface area contributed by atoms with Crippen molar-refractivity contribution in [3.63, 3.8) is 0 Å². The summed E-state index contributed by atoms with van der Waals surface area (Å²) in [6.07, 6.45) is 0. The summed E-state index contributed by atoms with van der Waals surface area (Å²) in [5, 5.41) is 11.0. The predicted molar refractivity (Wildman–Crippen MR) is 75.5 cm³/mol. The van der Waals surface area contributed by atoms with E-state index in [1.165, 1.54) is 4.90 Å². The SMILES string of the molecule is CCN1CCN(C(=O)c2cc(N)c(F)cc2[N+](=O)[O-])CC1. The van der Waals surface area contributed by atoms with Crippen molar-refractivity contribution in [2.24, 2.45) is 0 Å². The van der Waals surface area contributed by atoms with E-state index in [1.54, 1.807) is 0 Å². The van der Waals surface area contributed by atoms with Gasteiger partial charge in [0.05, 0.1) is 16.7 Å². The number of nitro groups is 1. The first kappa shape index (κ1) is 15.2. The number of carbonyl (C=O) groups excluding carboxylic acids is 1. The van der Waals surface area contributed by atoms with Gasteiger partial charge in [0.25, 0.3) is 11.6 Å². The van der Waals surface area contributed by atoms with E-state index in [2.05, 4.69) is 4.90 Å². The molecule has 0 aromatic heterocycles. The first-order valence-corrected chi connectivity index (χ1v) is 6.69. The number of nitro benzene ring substituents is 1. The molecule has 1 aliphatic heterocycles. The lowest BCUT2D eigenvalue weighted by Crippen LogP contribution is -2.48. The van der Waals surface area contributed by atoms with Crippen LogP contribution in [0.3, 0.4) is 0 Å². The van der Waals surface area contributed by atoms with Crippen LogP contribution in [0.25, 0.3) is 0 Å². The number of hydrogen-bond acceptors (Lipinski definition) is 5. The molecule has 2 N–H and O–H groups in total. The number of rotatable bonds is 3. The molecule has 7 nitrogen and oxygen atoms in total. The van der Waals surface area contributed by atoms with E-state index >= 15 is 0 Å². The summed E-state index contributed by atoms with van der Waals surface area (Å²) in [5.41, 5.74) is 4.44. The summed E-state index contributed by atoms with van der Waals surface area (Å²) in [7, 11) is 0. The van der Waals surface area contributed by atoms with Crippen molar-refractivity contribution in [3.8, 4) is 0 Å². The average molecular weight is 296 g/mol. The van der Waals surface area contributed by atoms with E-state index in [1.807, 2.05) is 6.92 Å². The molecule has 1 saturated heterocycles. The second-order valence-corrected chi connectivity index (χ2v) is 4.87. The topological polar surface area (TPSA) is 92.7 Å². The van der Waals surface area contributed by atoms with E-state index in [0.29, 0.717) is 32.2 Å². The molecule has 1 amide bonds. The average Bonchev–Trinajstić information content (AvgIpc) is 2.48. The van der Waals surface area contributed by atoms with Crippen molar-refractivity contribution >= 4 is 17.3 Å². The van der Waals surface area contributed by atoms with Crippen molar-refractivity contribution in [2.75, 3.05) is 38.5 Å². The van der Waals surface area contributed by atoms with Crippen LogP contribution in [0.1, 0.15) is 17.3 Å². The highest BCUT2D eigenvalue weighted by atomic mass is 19.1. The number of benzene rings is 1. The minimum Gasteiger partial charge on any atom is -0.396 e. The maximum absolute atomic E-state index is 13.4. The van der Waals surface area contributed by atoms with Gasteiger partial charge in [-0.15, -0.1) is 0 Å². The minimum absolute atomic E-state index is 0.163. The number of hydrogen-bond donors (Lipinski definition) is 1. The summed E-state index contributed by atoms with van der Waals surface area (Å²) in [5.74, 6) is -1.38. The quantitative estimate of drug-likeness (QED) is 0.512. The standard InChI is InChI=1S/C13H17FN4O3/c1-2-16-3-5-17(6-4-16)13(19)9-7-11(15)10(14)8-12(9)18(20)21/h7-8H,2-6,15H2,1H3.